The summed E-state index contributed by atoms with van der Waals surface area (Å²) in [7, 11) is 0. The third-order valence-corrected chi connectivity index (χ3v) is 14.6. The fourth-order valence-electron chi connectivity index (χ4n) is 9.73. The van der Waals surface area contributed by atoms with Gasteiger partial charge in [0.25, 0.3) is 0 Å². The van der Waals surface area contributed by atoms with Gasteiger partial charge in [0.05, 0.1) is 25.4 Å². The zero-order valence-corrected chi connectivity index (χ0v) is 46.9. The summed E-state index contributed by atoms with van der Waals surface area (Å²) in [6, 6.07) is -0.821. The first-order chi connectivity index (χ1) is 35.3. The van der Waals surface area contributed by atoms with E-state index in [0.717, 1.165) is 44.9 Å². The molecule has 1 heterocycles. The maximum Gasteiger partial charge on any atom is 0.220 e. The van der Waals surface area contributed by atoms with Crippen LogP contribution in [-0.2, 0) is 14.3 Å². The minimum Gasteiger partial charge on any atom is -0.394 e. The van der Waals surface area contributed by atoms with Gasteiger partial charge in [-0.05, 0) is 64.2 Å². The molecule has 0 radical (unpaired) electrons. The highest BCUT2D eigenvalue weighted by Gasteiger charge is 2.44. The van der Waals surface area contributed by atoms with Crippen molar-refractivity contribution in [2.75, 3.05) is 13.2 Å². The van der Waals surface area contributed by atoms with Crippen LogP contribution in [0.4, 0.5) is 0 Å². The zero-order valence-electron chi connectivity index (χ0n) is 46.9. The molecule has 6 N–H and O–H groups in total. The molecule has 0 saturated carbocycles. The first-order valence-corrected chi connectivity index (χ1v) is 30.9. The Bertz CT molecular complexity index is 1270. The Morgan fingerprint density at radius 1 is 0.472 bits per heavy atom. The van der Waals surface area contributed by atoms with Crippen molar-refractivity contribution in [1.82, 2.24) is 5.32 Å². The lowest BCUT2D eigenvalue weighted by Gasteiger charge is -2.40. The second-order valence-corrected chi connectivity index (χ2v) is 21.5. The molecule has 422 valence electrons. The topological polar surface area (TPSA) is 149 Å². The van der Waals surface area contributed by atoms with Gasteiger partial charge in [-0.1, -0.05) is 268 Å². The molecule has 9 heteroatoms. The lowest BCUT2D eigenvalue weighted by Crippen LogP contribution is -2.60. The minimum atomic E-state index is -1.57. The van der Waals surface area contributed by atoms with Crippen molar-refractivity contribution in [1.29, 1.82) is 0 Å². The highest BCUT2D eigenvalue weighted by Crippen LogP contribution is 2.23. The van der Waals surface area contributed by atoms with Crippen LogP contribution in [0.3, 0.4) is 0 Å². The number of amides is 1. The Morgan fingerprint density at radius 2 is 0.833 bits per heavy atom. The van der Waals surface area contributed by atoms with Gasteiger partial charge in [-0.2, -0.15) is 0 Å². The van der Waals surface area contributed by atoms with Crippen molar-refractivity contribution in [3.05, 3.63) is 48.6 Å². The van der Waals surface area contributed by atoms with Crippen LogP contribution in [0.1, 0.15) is 290 Å². The van der Waals surface area contributed by atoms with E-state index in [9.17, 15) is 30.3 Å². The Balaban J connectivity index is 2.13. The van der Waals surface area contributed by atoms with Crippen LogP contribution in [0.2, 0.25) is 0 Å². The molecule has 1 fully saturated rings. The molecular weight excluding hydrogens is 899 g/mol. The molecule has 1 saturated heterocycles. The van der Waals surface area contributed by atoms with Gasteiger partial charge in [0.1, 0.15) is 24.4 Å². The van der Waals surface area contributed by atoms with Crippen LogP contribution in [0.25, 0.3) is 0 Å². The summed E-state index contributed by atoms with van der Waals surface area (Å²) in [6.07, 6.45) is 63.4. The zero-order chi connectivity index (χ0) is 52.2. The monoisotopic (exact) mass is 1020 g/mol. The molecular formula is C63H117NO8. The molecule has 7 unspecified atom stereocenters. The molecule has 1 aliphatic rings. The van der Waals surface area contributed by atoms with Crippen molar-refractivity contribution < 1.29 is 39.8 Å². The first kappa shape index (κ1) is 68.2. The third-order valence-electron chi connectivity index (χ3n) is 14.6. The van der Waals surface area contributed by atoms with Crippen molar-refractivity contribution in [3.8, 4) is 0 Å². The van der Waals surface area contributed by atoms with Gasteiger partial charge in [0, 0.05) is 6.42 Å². The number of unbranched alkanes of at least 4 members (excludes halogenated alkanes) is 37. The molecule has 0 bridgehead atoms. The Labute approximate surface area is 444 Å². The molecule has 1 aliphatic heterocycles. The number of aliphatic hydroxyl groups is 5. The third kappa shape index (κ3) is 41.4. The number of hydrogen-bond donors (Lipinski definition) is 6. The minimum absolute atomic E-state index is 0.183. The van der Waals surface area contributed by atoms with E-state index in [1.165, 1.54) is 225 Å². The summed E-state index contributed by atoms with van der Waals surface area (Å²) in [5.41, 5.74) is 0. The van der Waals surface area contributed by atoms with Crippen LogP contribution >= 0.6 is 0 Å². The summed E-state index contributed by atoms with van der Waals surface area (Å²) in [6.45, 7) is 3.77. The molecule has 0 aromatic rings. The number of ether oxygens (including phenoxy) is 2. The molecule has 72 heavy (non-hydrogen) atoms. The fraction of sp³-hybridized carbons (Fsp3) is 0.857. The summed E-state index contributed by atoms with van der Waals surface area (Å²) in [5.74, 6) is -0.183. The summed E-state index contributed by atoms with van der Waals surface area (Å²) in [5, 5.41) is 54.5. The van der Waals surface area contributed by atoms with Gasteiger partial charge >= 0.3 is 0 Å². The second kappa shape index (κ2) is 52.6. The molecule has 1 amide bonds. The van der Waals surface area contributed by atoms with E-state index in [1.807, 2.05) is 6.08 Å². The Hall–Kier alpha value is -1.85. The number of hydrogen-bond acceptors (Lipinski definition) is 8. The summed E-state index contributed by atoms with van der Waals surface area (Å²) < 4.78 is 11.3. The lowest BCUT2D eigenvalue weighted by molar-refractivity contribution is -0.302. The molecule has 1 rings (SSSR count). The molecule has 9 nitrogen and oxygen atoms in total. The number of aliphatic hydroxyl groups excluding tert-OH is 5. The van der Waals surface area contributed by atoms with E-state index in [1.54, 1.807) is 6.08 Å². The fourth-order valence-corrected chi connectivity index (χ4v) is 9.73. The molecule has 0 aliphatic carbocycles. The van der Waals surface area contributed by atoms with Gasteiger partial charge in [0.15, 0.2) is 6.29 Å². The van der Waals surface area contributed by atoms with Crippen molar-refractivity contribution in [2.24, 2.45) is 0 Å². The van der Waals surface area contributed by atoms with Gasteiger partial charge in [0.2, 0.25) is 5.91 Å². The van der Waals surface area contributed by atoms with E-state index in [-0.39, 0.29) is 12.5 Å². The number of carbonyl (C=O) groups is 1. The van der Waals surface area contributed by atoms with E-state index < -0.39 is 49.5 Å². The summed E-state index contributed by atoms with van der Waals surface area (Å²) >= 11 is 0. The van der Waals surface area contributed by atoms with E-state index >= 15 is 0 Å². The average molecular weight is 1020 g/mol. The molecule has 0 spiro atoms. The van der Waals surface area contributed by atoms with Gasteiger partial charge in [-0.25, -0.2) is 0 Å². The number of carbonyl (C=O) groups excluding carboxylic acids is 1. The predicted molar refractivity (Wildman–Crippen MR) is 304 cm³/mol. The van der Waals surface area contributed by atoms with Gasteiger partial charge in [-0.3, -0.25) is 4.79 Å². The van der Waals surface area contributed by atoms with E-state index in [4.69, 9.17) is 9.47 Å². The average Bonchev–Trinajstić information content (AvgIpc) is 3.38. The van der Waals surface area contributed by atoms with Crippen LogP contribution in [0, 0.1) is 0 Å². The van der Waals surface area contributed by atoms with Crippen molar-refractivity contribution in [3.63, 3.8) is 0 Å². The SMILES string of the molecule is CCCCCCC/C=C\C/C=C\CCCCCCCCCCCCCCCCCCCCCCCC(=O)NC(COC1OC(CO)C(O)C(O)C1O)C(O)/C=C/CC/C=C/CCCCCCCCCCCC. The normalized spacial score (nSPS) is 19.5. The van der Waals surface area contributed by atoms with Crippen LogP contribution in [0.15, 0.2) is 48.6 Å². The number of allylic oxidation sites excluding steroid dienone is 7. The van der Waals surface area contributed by atoms with Crippen molar-refractivity contribution in [2.45, 2.75) is 333 Å². The van der Waals surface area contributed by atoms with Gasteiger partial charge < -0.3 is 40.3 Å². The Kier molecular flexibility index (Phi) is 49.8. The lowest BCUT2D eigenvalue weighted by atomic mass is 9.99. The van der Waals surface area contributed by atoms with Crippen molar-refractivity contribution >= 4 is 5.91 Å². The smallest absolute Gasteiger partial charge is 0.220 e. The first-order valence-electron chi connectivity index (χ1n) is 30.9. The highest BCUT2D eigenvalue weighted by atomic mass is 16.7. The molecule has 0 aromatic heterocycles. The van der Waals surface area contributed by atoms with Crippen LogP contribution in [0.5, 0.6) is 0 Å². The Morgan fingerprint density at radius 3 is 1.25 bits per heavy atom. The summed E-state index contributed by atoms with van der Waals surface area (Å²) in [4.78, 5) is 13.1. The van der Waals surface area contributed by atoms with E-state index in [0.29, 0.717) is 6.42 Å². The quantitative estimate of drug-likeness (QED) is 0.0261. The number of nitrogens with one attached hydrogen (secondary N) is 1. The van der Waals surface area contributed by atoms with E-state index in [2.05, 4.69) is 55.6 Å². The van der Waals surface area contributed by atoms with Gasteiger partial charge in [-0.15, -0.1) is 0 Å². The maximum atomic E-state index is 13.1. The largest absolute Gasteiger partial charge is 0.394 e. The van der Waals surface area contributed by atoms with Crippen LogP contribution < -0.4 is 5.32 Å². The number of rotatable bonds is 53. The predicted octanol–water partition coefficient (Wildman–Crippen LogP) is 15.7. The second-order valence-electron chi connectivity index (χ2n) is 21.5. The highest BCUT2D eigenvalue weighted by molar-refractivity contribution is 5.76. The maximum absolute atomic E-state index is 13.1. The molecule has 7 atom stereocenters. The van der Waals surface area contributed by atoms with Crippen LogP contribution in [-0.4, -0.2) is 87.5 Å². The molecule has 0 aromatic carbocycles. The standard InChI is InChI=1S/C63H117NO8/c1-3-5-7-9-11-13-15-17-19-21-22-23-24-25-26-27-28-29-30-31-32-33-34-35-36-37-39-41-43-45-47-49-51-53-59(67)64-56(55-71-63-62(70)61(69)60(68)58(54-65)72-63)57(66)52-50-48-46-44-42-40-38-20-18-16-14-12-10-8-6-4-2/h15,17,21-22,42,44,50,52,56-58,60-63,65-66,68-70H,3-14,16,18-20,23-41,43,45-49,51,53-55H2,1-2H3,(H,64,67)/b17-15-,22-21-,44-42+,52-50+.